The number of carbonyl (C=O) groups is 1. The zero-order valence-corrected chi connectivity index (χ0v) is 13.0. The van der Waals surface area contributed by atoms with Crippen LogP contribution in [0.4, 0.5) is 0 Å². The van der Waals surface area contributed by atoms with Gasteiger partial charge in [0.1, 0.15) is 4.99 Å². The maximum absolute atomic E-state index is 12.6. The first kappa shape index (κ1) is 14.9. The lowest BCUT2D eigenvalue weighted by atomic mass is 10.1. The summed E-state index contributed by atoms with van der Waals surface area (Å²) >= 11 is 4.96. The molecule has 2 N–H and O–H groups in total. The third-order valence-electron chi connectivity index (χ3n) is 4.04. The molecule has 1 saturated heterocycles. The molecule has 1 aromatic rings. The zero-order valence-electron chi connectivity index (χ0n) is 12.2. The predicted octanol–water partition coefficient (Wildman–Crippen LogP) is 1.49. The molecule has 0 radical (unpaired) electrons. The van der Waals surface area contributed by atoms with E-state index in [1.807, 2.05) is 23.1 Å². The zero-order chi connectivity index (χ0) is 14.9. The van der Waals surface area contributed by atoms with E-state index in [4.69, 9.17) is 18.0 Å². The molecule has 108 valence electrons. The smallest absolute Gasteiger partial charge is 0.253 e. The van der Waals surface area contributed by atoms with E-state index in [9.17, 15) is 4.79 Å². The Hall–Kier alpha value is -1.46. The number of likely N-dealkylation sites (N-methyl/N-ethyl adjacent to an activating group) is 1. The summed E-state index contributed by atoms with van der Waals surface area (Å²) in [6, 6.07) is 7.97. The summed E-state index contributed by atoms with van der Waals surface area (Å²) in [6.45, 7) is 5.77. The number of carbonyl (C=O) groups excluding carboxylic acids is 1. The van der Waals surface area contributed by atoms with Gasteiger partial charge in [-0.25, -0.2) is 0 Å². The number of nitrogens with zero attached hydrogens (tertiary/aromatic N) is 2. The molecule has 4 nitrogen and oxygen atoms in total. The molecule has 1 fully saturated rings. The molecule has 0 aromatic heterocycles. The van der Waals surface area contributed by atoms with Crippen LogP contribution in [0.5, 0.6) is 0 Å². The molecule has 0 saturated carbocycles. The van der Waals surface area contributed by atoms with Crippen LogP contribution < -0.4 is 5.73 Å². The molecule has 5 heteroatoms. The Morgan fingerprint density at radius 1 is 1.25 bits per heavy atom. The molecule has 1 aliphatic heterocycles. The molecule has 1 amide bonds. The molecule has 0 spiro atoms. The van der Waals surface area contributed by atoms with Crippen LogP contribution in [-0.4, -0.2) is 52.9 Å². The monoisotopic (exact) mass is 291 g/mol. The third-order valence-corrected chi connectivity index (χ3v) is 4.28. The van der Waals surface area contributed by atoms with Gasteiger partial charge in [-0.05, 0) is 33.0 Å². The fraction of sp³-hybridized carbons (Fsp3) is 0.467. The van der Waals surface area contributed by atoms with E-state index in [-0.39, 0.29) is 5.91 Å². The maximum atomic E-state index is 12.6. The molecular formula is C15H21N3OS. The van der Waals surface area contributed by atoms with Crippen molar-refractivity contribution in [2.75, 3.05) is 20.1 Å². The standard InChI is InChI=1S/C15H21N3OS/c1-10-8-18(9-11(2)17(10)3)15(19)13-6-4-5-12(7-13)14(16)20/h4-7,10-11H,8-9H2,1-3H3,(H2,16,20). The van der Waals surface area contributed by atoms with Crippen LogP contribution in [0.25, 0.3) is 0 Å². The van der Waals surface area contributed by atoms with Gasteiger partial charge in [0.25, 0.3) is 5.91 Å². The molecule has 2 atom stereocenters. The van der Waals surface area contributed by atoms with Gasteiger partial charge in [-0.1, -0.05) is 24.4 Å². The number of thiocarbonyl (C=S) groups is 1. The Balaban J connectivity index is 2.19. The van der Waals surface area contributed by atoms with Crippen molar-refractivity contribution in [3.05, 3.63) is 35.4 Å². The highest BCUT2D eigenvalue weighted by Gasteiger charge is 2.29. The van der Waals surface area contributed by atoms with Crippen LogP contribution in [0.1, 0.15) is 29.8 Å². The van der Waals surface area contributed by atoms with Crippen molar-refractivity contribution < 1.29 is 4.79 Å². The lowest BCUT2D eigenvalue weighted by molar-refractivity contribution is 0.0414. The van der Waals surface area contributed by atoms with Crippen molar-refractivity contribution >= 4 is 23.1 Å². The van der Waals surface area contributed by atoms with Gasteiger partial charge in [-0.15, -0.1) is 0 Å². The molecule has 0 bridgehead atoms. The number of hydrogen-bond acceptors (Lipinski definition) is 3. The number of piperazine rings is 1. The lowest BCUT2D eigenvalue weighted by Crippen LogP contribution is -2.56. The first-order chi connectivity index (χ1) is 9.40. The van der Waals surface area contributed by atoms with Gasteiger partial charge in [0.2, 0.25) is 0 Å². The predicted molar refractivity (Wildman–Crippen MR) is 84.9 cm³/mol. The molecule has 20 heavy (non-hydrogen) atoms. The topological polar surface area (TPSA) is 49.6 Å². The van der Waals surface area contributed by atoms with E-state index in [0.717, 1.165) is 18.7 Å². The normalized spacial score (nSPS) is 23.6. The fourth-order valence-electron chi connectivity index (χ4n) is 2.56. The summed E-state index contributed by atoms with van der Waals surface area (Å²) in [5.41, 5.74) is 7.01. The lowest BCUT2D eigenvalue weighted by Gasteiger charge is -2.42. The van der Waals surface area contributed by atoms with Crippen molar-refractivity contribution in [2.24, 2.45) is 5.73 Å². The highest BCUT2D eigenvalue weighted by Crippen LogP contribution is 2.16. The van der Waals surface area contributed by atoms with Gasteiger partial charge >= 0.3 is 0 Å². The minimum absolute atomic E-state index is 0.0508. The van der Waals surface area contributed by atoms with Crippen LogP contribution in [-0.2, 0) is 0 Å². The Labute approximate surface area is 125 Å². The molecule has 1 aromatic carbocycles. The van der Waals surface area contributed by atoms with Crippen molar-refractivity contribution in [2.45, 2.75) is 25.9 Å². The van der Waals surface area contributed by atoms with Crippen molar-refractivity contribution in [3.63, 3.8) is 0 Å². The first-order valence-corrected chi connectivity index (χ1v) is 7.22. The van der Waals surface area contributed by atoms with Gasteiger partial charge in [-0.3, -0.25) is 9.69 Å². The Morgan fingerprint density at radius 2 is 1.80 bits per heavy atom. The minimum Gasteiger partial charge on any atom is -0.389 e. The second kappa shape index (κ2) is 5.89. The number of hydrogen-bond donors (Lipinski definition) is 1. The molecule has 1 aliphatic rings. The Bertz CT molecular complexity index is 520. The van der Waals surface area contributed by atoms with Crippen LogP contribution in [0.2, 0.25) is 0 Å². The van der Waals surface area contributed by atoms with Crippen LogP contribution in [0, 0.1) is 0 Å². The fourth-order valence-corrected chi connectivity index (χ4v) is 2.69. The van der Waals surface area contributed by atoms with Gasteiger partial charge < -0.3 is 10.6 Å². The van der Waals surface area contributed by atoms with E-state index in [1.54, 1.807) is 6.07 Å². The van der Waals surface area contributed by atoms with Crippen LogP contribution in [0.3, 0.4) is 0 Å². The number of nitrogens with two attached hydrogens (primary N) is 1. The maximum Gasteiger partial charge on any atom is 0.253 e. The van der Waals surface area contributed by atoms with E-state index >= 15 is 0 Å². The number of amides is 1. The van der Waals surface area contributed by atoms with Crippen LogP contribution in [0.15, 0.2) is 24.3 Å². The number of benzene rings is 1. The molecular weight excluding hydrogens is 270 g/mol. The first-order valence-electron chi connectivity index (χ1n) is 6.81. The van der Waals surface area contributed by atoms with E-state index < -0.39 is 0 Å². The summed E-state index contributed by atoms with van der Waals surface area (Å²) in [5, 5.41) is 0. The molecule has 1 heterocycles. The van der Waals surface area contributed by atoms with E-state index in [1.165, 1.54) is 0 Å². The SMILES string of the molecule is CC1CN(C(=O)c2cccc(C(N)=S)c2)CC(C)N1C. The van der Waals surface area contributed by atoms with Gasteiger partial charge in [0.15, 0.2) is 0 Å². The minimum atomic E-state index is 0.0508. The summed E-state index contributed by atoms with van der Waals surface area (Å²) in [4.78, 5) is 17.1. The van der Waals surface area contributed by atoms with Crippen molar-refractivity contribution in [1.82, 2.24) is 9.80 Å². The summed E-state index contributed by atoms with van der Waals surface area (Å²) in [7, 11) is 2.10. The average Bonchev–Trinajstić information content (AvgIpc) is 2.43. The summed E-state index contributed by atoms with van der Waals surface area (Å²) in [5.74, 6) is 0.0508. The summed E-state index contributed by atoms with van der Waals surface area (Å²) in [6.07, 6.45) is 0. The van der Waals surface area contributed by atoms with E-state index in [2.05, 4.69) is 25.8 Å². The number of rotatable bonds is 2. The summed E-state index contributed by atoms with van der Waals surface area (Å²) < 4.78 is 0. The van der Waals surface area contributed by atoms with Gasteiger partial charge in [-0.2, -0.15) is 0 Å². The highest BCUT2D eigenvalue weighted by molar-refractivity contribution is 7.80. The molecule has 0 aliphatic carbocycles. The quantitative estimate of drug-likeness (QED) is 0.839. The molecule has 2 rings (SSSR count). The van der Waals surface area contributed by atoms with Crippen LogP contribution >= 0.6 is 12.2 Å². The third kappa shape index (κ3) is 2.99. The van der Waals surface area contributed by atoms with Gasteiger partial charge in [0.05, 0.1) is 0 Å². The van der Waals surface area contributed by atoms with Gasteiger partial charge in [0, 0.05) is 36.3 Å². The average molecular weight is 291 g/mol. The second-order valence-electron chi connectivity index (χ2n) is 5.52. The Morgan fingerprint density at radius 3 is 2.35 bits per heavy atom. The van der Waals surface area contributed by atoms with Crippen molar-refractivity contribution in [3.8, 4) is 0 Å². The van der Waals surface area contributed by atoms with E-state index in [0.29, 0.717) is 22.6 Å². The van der Waals surface area contributed by atoms with Crippen molar-refractivity contribution in [1.29, 1.82) is 0 Å². The second-order valence-corrected chi connectivity index (χ2v) is 5.96. The largest absolute Gasteiger partial charge is 0.389 e. The Kier molecular flexibility index (Phi) is 4.40. The molecule has 2 unspecified atom stereocenters. The highest BCUT2D eigenvalue weighted by atomic mass is 32.1.